The minimum atomic E-state index is -0.916. The molecule has 1 saturated heterocycles. The van der Waals surface area contributed by atoms with E-state index in [4.69, 9.17) is 5.11 Å². The van der Waals surface area contributed by atoms with Crippen LogP contribution in [0.1, 0.15) is 33.5 Å². The largest absolute Gasteiger partial charge is 0.480 e. The fourth-order valence-electron chi connectivity index (χ4n) is 2.13. The van der Waals surface area contributed by atoms with Crippen LogP contribution in [-0.4, -0.2) is 39.6 Å². The van der Waals surface area contributed by atoms with Crippen molar-refractivity contribution in [1.82, 2.24) is 4.90 Å². The summed E-state index contributed by atoms with van der Waals surface area (Å²) in [5, 5.41) is 9.12. The van der Waals surface area contributed by atoms with Crippen molar-refractivity contribution in [1.29, 1.82) is 0 Å². The zero-order valence-electron chi connectivity index (χ0n) is 11.0. The first kappa shape index (κ1) is 14.4. The lowest BCUT2D eigenvalue weighted by Crippen LogP contribution is -2.41. The van der Waals surface area contributed by atoms with Crippen LogP contribution in [0.15, 0.2) is 6.07 Å². The molecule has 1 aliphatic rings. The minimum absolute atomic E-state index is 0.146. The number of hydrogen-bond acceptors (Lipinski definition) is 4. The molecule has 0 radical (unpaired) electrons. The fourth-order valence-corrected chi connectivity index (χ4v) is 4.30. The van der Waals surface area contributed by atoms with Gasteiger partial charge in [0.1, 0.15) is 6.04 Å². The van der Waals surface area contributed by atoms with Crippen LogP contribution < -0.4 is 0 Å². The van der Waals surface area contributed by atoms with Crippen molar-refractivity contribution in [2.24, 2.45) is 0 Å². The highest BCUT2D eigenvalue weighted by molar-refractivity contribution is 7.99. The van der Waals surface area contributed by atoms with Crippen LogP contribution in [0.5, 0.6) is 0 Å². The van der Waals surface area contributed by atoms with E-state index in [1.165, 1.54) is 33.6 Å². The van der Waals surface area contributed by atoms with E-state index in [2.05, 4.69) is 6.92 Å². The molecule has 1 aromatic heterocycles. The molecule has 1 aliphatic heterocycles. The monoisotopic (exact) mass is 299 g/mol. The third kappa shape index (κ3) is 2.95. The molecule has 1 unspecified atom stereocenters. The standard InChI is InChI=1S/C13H17NO3S2/c1-3-4-9-5-11(19-8(9)2)12(15)14-7-18-6-10(14)13(16)17/h5,10H,3-4,6-7H2,1-2H3,(H,16,17). The second-order valence-electron chi connectivity index (χ2n) is 4.57. The number of carbonyl (C=O) groups excluding carboxylic acids is 1. The van der Waals surface area contributed by atoms with Crippen molar-refractivity contribution in [3.63, 3.8) is 0 Å². The van der Waals surface area contributed by atoms with E-state index in [-0.39, 0.29) is 5.91 Å². The molecule has 0 bridgehead atoms. The lowest BCUT2D eigenvalue weighted by molar-refractivity contribution is -0.140. The maximum absolute atomic E-state index is 12.4. The maximum Gasteiger partial charge on any atom is 0.327 e. The van der Waals surface area contributed by atoms with E-state index in [1.54, 1.807) is 0 Å². The number of aryl methyl sites for hydroxylation is 2. The van der Waals surface area contributed by atoms with Gasteiger partial charge in [0.2, 0.25) is 0 Å². The van der Waals surface area contributed by atoms with E-state index >= 15 is 0 Å². The van der Waals surface area contributed by atoms with Crippen LogP contribution in [0, 0.1) is 6.92 Å². The summed E-state index contributed by atoms with van der Waals surface area (Å²) in [6.07, 6.45) is 2.01. The number of thioether (sulfide) groups is 1. The van der Waals surface area contributed by atoms with Gasteiger partial charge in [0.05, 0.1) is 10.8 Å². The van der Waals surface area contributed by atoms with E-state index < -0.39 is 12.0 Å². The summed E-state index contributed by atoms with van der Waals surface area (Å²) in [5.74, 6) is -0.114. The predicted molar refractivity (Wildman–Crippen MR) is 78.0 cm³/mol. The Morgan fingerprint density at radius 2 is 2.26 bits per heavy atom. The van der Waals surface area contributed by atoms with Gasteiger partial charge in [-0.3, -0.25) is 4.79 Å². The summed E-state index contributed by atoms with van der Waals surface area (Å²) >= 11 is 2.96. The summed E-state index contributed by atoms with van der Waals surface area (Å²) in [6.45, 7) is 4.12. The molecule has 1 amide bonds. The Balaban J connectivity index is 2.19. The van der Waals surface area contributed by atoms with Gasteiger partial charge in [0.15, 0.2) is 0 Å². The zero-order chi connectivity index (χ0) is 14.0. The van der Waals surface area contributed by atoms with Crippen LogP contribution >= 0.6 is 23.1 Å². The van der Waals surface area contributed by atoms with Gasteiger partial charge in [-0.2, -0.15) is 0 Å². The molecule has 0 aromatic carbocycles. The Hall–Kier alpha value is -1.01. The quantitative estimate of drug-likeness (QED) is 0.928. The Morgan fingerprint density at radius 3 is 2.89 bits per heavy atom. The lowest BCUT2D eigenvalue weighted by atomic mass is 10.1. The minimum Gasteiger partial charge on any atom is -0.480 e. The van der Waals surface area contributed by atoms with Crippen molar-refractivity contribution >= 4 is 35.0 Å². The van der Waals surface area contributed by atoms with Crippen molar-refractivity contribution in [2.45, 2.75) is 32.7 Å². The fraction of sp³-hybridized carbons (Fsp3) is 0.538. The molecule has 2 rings (SSSR count). The summed E-state index contributed by atoms with van der Waals surface area (Å²) in [6, 6.07) is 1.24. The summed E-state index contributed by atoms with van der Waals surface area (Å²) in [5.41, 5.74) is 1.20. The molecular formula is C13H17NO3S2. The molecule has 0 spiro atoms. The molecule has 19 heavy (non-hydrogen) atoms. The highest BCUT2D eigenvalue weighted by Crippen LogP contribution is 2.28. The highest BCUT2D eigenvalue weighted by atomic mass is 32.2. The first-order valence-electron chi connectivity index (χ1n) is 6.25. The smallest absolute Gasteiger partial charge is 0.327 e. The van der Waals surface area contributed by atoms with E-state index in [0.717, 1.165) is 17.7 Å². The van der Waals surface area contributed by atoms with Crippen LogP contribution in [0.4, 0.5) is 0 Å². The summed E-state index contributed by atoms with van der Waals surface area (Å²) in [7, 11) is 0. The number of nitrogens with zero attached hydrogens (tertiary/aromatic N) is 1. The normalized spacial score (nSPS) is 18.8. The Kier molecular flexibility index (Phi) is 4.52. The SMILES string of the molecule is CCCc1cc(C(=O)N2CSCC2C(=O)O)sc1C. The Bertz CT molecular complexity index is 498. The van der Waals surface area contributed by atoms with Gasteiger partial charge >= 0.3 is 5.97 Å². The molecule has 0 aliphatic carbocycles. The number of carbonyl (C=O) groups is 2. The Labute approximate surface area is 120 Å². The van der Waals surface area contributed by atoms with E-state index in [0.29, 0.717) is 16.5 Å². The Morgan fingerprint density at radius 1 is 1.53 bits per heavy atom. The molecule has 1 N–H and O–H groups in total. The number of rotatable bonds is 4. The third-order valence-corrected chi connectivity index (χ3v) is 5.27. The molecule has 1 atom stereocenters. The predicted octanol–water partition coefficient (Wildman–Crippen LogP) is 2.61. The van der Waals surface area contributed by atoms with Crippen LogP contribution in [0.25, 0.3) is 0 Å². The number of carboxylic acid groups (broad SMARTS) is 1. The first-order valence-corrected chi connectivity index (χ1v) is 8.22. The molecule has 0 saturated carbocycles. The summed E-state index contributed by atoms with van der Waals surface area (Å²) < 4.78 is 0. The molecule has 1 fully saturated rings. The third-order valence-electron chi connectivity index (χ3n) is 3.18. The van der Waals surface area contributed by atoms with Crippen molar-refractivity contribution < 1.29 is 14.7 Å². The molecule has 104 valence electrons. The number of hydrogen-bond donors (Lipinski definition) is 1. The van der Waals surface area contributed by atoms with Crippen LogP contribution in [-0.2, 0) is 11.2 Å². The van der Waals surface area contributed by atoms with E-state index in [9.17, 15) is 9.59 Å². The number of thiophene rings is 1. The number of carboxylic acids is 1. The number of aliphatic carboxylic acids is 1. The van der Waals surface area contributed by atoms with Gasteiger partial charge in [0.25, 0.3) is 5.91 Å². The van der Waals surface area contributed by atoms with Crippen LogP contribution in [0.3, 0.4) is 0 Å². The van der Waals surface area contributed by atoms with E-state index in [1.807, 2.05) is 13.0 Å². The topological polar surface area (TPSA) is 57.6 Å². The van der Waals surface area contributed by atoms with Gasteiger partial charge in [-0.15, -0.1) is 23.1 Å². The van der Waals surface area contributed by atoms with Gasteiger partial charge in [-0.05, 0) is 25.0 Å². The molecule has 1 aromatic rings. The number of amides is 1. The van der Waals surface area contributed by atoms with Crippen molar-refractivity contribution in [3.8, 4) is 0 Å². The van der Waals surface area contributed by atoms with Crippen molar-refractivity contribution in [3.05, 3.63) is 21.4 Å². The molecule has 6 heteroatoms. The average molecular weight is 299 g/mol. The van der Waals surface area contributed by atoms with Gasteiger partial charge in [-0.25, -0.2) is 4.79 Å². The maximum atomic E-state index is 12.4. The lowest BCUT2D eigenvalue weighted by Gasteiger charge is -2.19. The van der Waals surface area contributed by atoms with Crippen molar-refractivity contribution in [2.75, 3.05) is 11.6 Å². The zero-order valence-corrected chi connectivity index (χ0v) is 12.6. The highest BCUT2D eigenvalue weighted by Gasteiger charge is 2.35. The van der Waals surface area contributed by atoms with Gasteiger partial charge in [0, 0.05) is 10.6 Å². The first-order chi connectivity index (χ1) is 9.04. The second kappa shape index (κ2) is 5.96. The second-order valence-corrected chi connectivity index (χ2v) is 6.83. The average Bonchev–Trinajstić information content (AvgIpc) is 2.96. The van der Waals surface area contributed by atoms with Crippen LogP contribution in [0.2, 0.25) is 0 Å². The van der Waals surface area contributed by atoms with Gasteiger partial charge < -0.3 is 10.0 Å². The molecular weight excluding hydrogens is 282 g/mol. The van der Waals surface area contributed by atoms with Gasteiger partial charge in [-0.1, -0.05) is 13.3 Å². The summed E-state index contributed by atoms with van der Waals surface area (Å²) in [4.78, 5) is 26.8. The molecule has 4 nitrogen and oxygen atoms in total. The molecule has 2 heterocycles.